The first kappa shape index (κ1) is 21.0. The molecule has 1 aliphatic heterocycles. The molecule has 3 rings (SSSR count). The smallest absolute Gasteiger partial charge is 0.325 e. The third-order valence-corrected chi connectivity index (χ3v) is 6.09. The SMILES string of the molecule is COc1ccc(CN(C)C(=O)CN2C(=O)N[C@@]3(CCCC[C@@H]3C)C2=O)cc1OC. The van der Waals surface area contributed by atoms with Crippen molar-refractivity contribution in [2.45, 2.75) is 44.7 Å². The second-order valence-electron chi connectivity index (χ2n) is 7.88. The lowest BCUT2D eigenvalue weighted by atomic mass is 9.73. The zero-order valence-corrected chi connectivity index (χ0v) is 17.5. The van der Waals surface area contributed by atoms with Crippen LogP contribution in [0.1, 0.15) is 38.2 Å². The Bertz CT molecular complexity index is 812. The highest BCUT2D eigenvalue weighted by atomic mass is 16.5. The molecule has 0 unspecified atom stereocenters. The molecule has 8 heteroatoms. The first-order valence-electron chi connectivity index (χ1n) is 9.91. The summed E-state index contributed by atoms with van der Waals surface area (Å²) in [7, 11) is 4.76. The number of likely N-dealkylation sites (N-methyl/N-ethyl adjacent to an activating group) is 1. The first-order chi connectivity index (χ1) is 13.8. The van der Waals surface area contributed by atoms with E-state index in [1.54, 1.807) is 33.4 Å². The molecule has 1 aromatic carbocycles. The number of hydrogen-bond acceptors (Lipinski definition) is 5. The molecule has 1 saturated heterocycles. The van der Waals surface area contributed by atoms with Crippen LogP contribution in [0.2, 0.25) is 0 Å². The number of nitrogens with one attached hydrogen (secondary N) is 1. The molecule has 1 saturated carbocycles. The summed E-state index contributed by atoms with van der Waals surface area (Å²) in [6.45, 7) is 2.05. The van der Waals surface area contributed by atoms with Crippen LogP contribution in [-0.2, 0) is 16.1 Å². The molecular formula is C21H29N3O5. The molecule has 2 fully saturated rings. The summed E-state index contributed by atoms with van der Waals surface area (Å²) >= 11 is 0. The third kappa shape index (κ3) is 3.88. The van der Waals surface area contributed by atoms with Gasteiger partial charge in [0.2, 0.25) is 5.91 Å². The normalized spacial score (nSPS) is 23.9. The van der Waals surface area contributed by atoms with Gasteiger partial charge in [-0.15, -0.1) is 0 Å². The fourth-order valence-electron chi connectivity index (χ4n) is 4.24. The Labute approximate surface area is 171 Å². The second kappa shape index (κ2) is 8.31. The Morgan fingerprint density at radius 2 is 1.97 bits per heavy atom. The molecule has 2 atom stereocenters. The Morgan fingerprint density at radius 3 is 2.62 bits per heavy atom. The summed E-state index contributed by atoms with van der Waals surface area (Å²) in [6.07, 6.45) is 3.48. The number of amides is 4. The summed E-state index contributed by atoms with van der Waals surface area (Å²) in [5, 5.41) is 2.88. The highest BCUT2D eigenvalue weighted by Crippen LogP contribution is 2.38. The van der Waals surface area contributed by atoms with Gasteiger partial charge in [0.05, 0.1) is 14.2 Å². The van der Waals surface area contributed by atoms with Crippen molar-refractivity contribution < 1.29 is 23.9 Å². The highest BCUT2D eigenvalue weighted by molar-refractivity contribution is 6.09. The van der Waals surface area contributed by atoms with Gasteiger partial charge in [0.1, 0.15) is 12.1 Å². The van der Waals surface area contributed by atoms with Gasteiger partial charge in [-0.05, 0) is 36.5 Å². The van der Waals surface area contributed by atoms with E-state index in [-0.39, 0.29) is 24.3 Å². The molecule has 0 radical (unpaired) electrons. The molecule has 29 heavy (non-hydrogen) atoms. The summed E-state index contributed by atoms with van der Waals surface area (Å²) in [4.78, 5) is 40.8. The van der Waals surface area contributed by atoms with Crippen molar-refractivity contribution in [1.29, 1.82) is 0 Å². The first-order valence-corrected chi connectivity index (χ1v) is 9.91. The van der Waals surface area contributed by atoms with Crippen LogP contribution in [0, 0.1) is 5.92 Å². The number of urea groups is 1. The molecule has 8 nitrogen and oxygen atoms in total. The summed E-state index contributed by atoms with van der Waals surface area (Å²) in [5.41, 5.74) is 0.00503. The Hall–Kier alpha value is -2.77. The van der Waals surface area contributed by atoms with Gasteiger partial charge in [0, 0.05) is 13.6 Å². The number of methoxy groups -OCH3 is 2. The van der Waals surface area contributed by atoms with Crippen molar-refractivity contribution in [3.8, 4) is 11.5 Å². The number of rotatable bonds is 6. The second-order valence-corrected chi connectivity index (χ2v) is 7.88. The van der Waals surface area contributed by atoms with E-state index >= 15 is 0 Å². The molecule has 4 amide bonds. The number of carbonyl (C=O) groups excluding carboxylic acids is 3. The van der Waals surface area contributed by atoms with Crippen molar-refractivity contribution in [1.82, 2.24) is 15.1 Å². The van der Waals surface area contributed by atoms with Gasteiger partial charge in [0.15, 0.2) is 11.5 Å². The molecule has 0 aromatic heterocycles. The topological polar surface area (TPSA) is 88.2 Å². The molecule has 158 valence electrons. The zero-order chi connectivity index (χ0) is 21.2. The monoisotopic (exact) mass is 403 g/mol. The molecular weight excluding hydrogens is 374 g/mol. The van der Waals surface area contributed by atoms with Crippen molar-refractivity contribution in [3.63, 3.8) is 0 Å². The predicted molar refractivity (Wildman–Crippen MR) is 107 cm³/mol. The van der Waals surface area contributed by atoms with Gasteiger partial charge in [-0.1, -0.05) is 25.8 Å². The van der Waals surface area contributed by atoms with E-state index in [4.69, 9.17) is 9.47 Å². The minimum absolute atomic E-state index is 0.0669. The summed E-state index contributed by atoms with van der Waals surface area (Å²) < 4.78 is 10.5. The Balaban J connectivity index is 1.67. The lowest BCUT2D eigenvalue weighted by Crippen LogP contribution is -2.54. The van der Waals surface area contributed by atoms with Crippen LogP contribution >= 0.6 is 0 Å². The van der Waals surface area contributed by atoms with Crippen LogP contribution in [0.25, 0.3) is 0 Å². The van der Waals surface area contributed by atoms with Gasteiger partial charge in [-0.3, -0.25) is 14.5 Å². The maximum absolute atomic E-state index is 13.0. The molecule has 1 aliphatic carbocycles. The van der Waals surface area contributed by atoms with Crippen LogP contribution in [0.3, 0.4) is 0 Å². The van der Waals surface area contributed by atoms with Gasteiger partial charge in [0.25, 0.3) is 5.91 Å². The number of hydrogen-bond donors (Lipinski definition) is 1. The highest BCUT2D eigenvalue weighted by Gasteiger charge is 2.55. The average molecular weight is 403 g/mol. The summed E-state index contributed by atoms with van der Waals surface area (Å²) in [6, 6.07) is 4.95. The number of benzene rings is 1. The van der Waals surface area contributed by atoms with Crippen LogP contribution in [-0.4, -0.2) is 61.0 Å². The lowest BCUT2D eigenvalue weighted by molar-refractivity contribution is -0.140. The minimum atomic E-state index is -0.850. The van der Waals surface area contributed by atoms with Crippen molar-refractivity contribution in [2.24, 2.45) is 5.92 Å². The maximum atomic E-state index is 13.0. The van der Waals surface area contributed by atoms with Gasteiger partial charge >= 0.3 is 6.03 Å². The van der Waals surface area contributed by atoms with Crippen LogP contribution in [0.5, 0.6) is 11.5 Å². The molecule has 0 bridgehead atoms. The van der Waals surface area contributed by atoms with E-state index < -0.39 is 11.6 Å². The quantitative estimate of drug-likeness (QED) is 0.736. The van der Waals surface area contributed by atoms with E-state index in [0.717, 1.165) is 29.7 Å². The minimum Gasteiger partial charge on any atom is -0.493 e. The van der Waals surface area contributed by atoms with Crippen molar-refractivity contribution in [3.05, 3.63) is 23.8 Å². The van der Waals surface area contributed by atoms with Crippen LogP contribution in [0.4, 0.5) is 4.79 Å². The van der Waals surface area contributed by atoms with E-state index in [1.165, 1.54) is 4.90 Å². The van der Waals surface area contributed by atoms with Gasteiger partial charge in [-0.25, -0.2) is 4.79 Å². The molecule has 1 N–H and O–H groups in total. The molecule has 2 aliphatic rings. The largest absolute Gasteiger partial charge is 0.493 e. The zero-order valence-electron chi connectivity index (χ0n) is 17.5. The Kier molecular flexibility index (Phi) is 6.00. The van der Waals surface area contributed by atoms with Gasteiger partial charge in [-0.2, -0.15) is 0 Å². The number of carbonyl (C=O) groups is 3. The van der Waals surface area contributed by atoms with Crippen molar-refractivity contribution >= 4 is 17.8 Å². The molecule has 1 heterocycles. The Morgan fingerprint density at radius 1 is 1.24 bits per heavy atom. The molecule has 1 spiro atoms. The van der Waals surface area contributed by atoms with E-state index in [9.17, 15) is 14.4 Å². The van der Waals surface area contributed by atoms with E-state index in [1.807, 2.05) is 13.0 Å². The van der Waals surface area contributed by atoms with Crippen molar-refractivity contribution in [2.75, 3.05) is 27.8 Å². The number of imide groups is 1. The predicted octanol–water partition coefficient (Wildman–Crippen LogP) is 2.16. The maximum Gasteiger partial charge on any atom is 0.325 e. The molecule has 1 aromatic rings. The number of nitrogens with zero attached hydrogens (tertiary/aromatic N) is 2. The van der Waals surface area contributed by atoms with Gasteiger partial charge < -0.3 is 19.7 Å². The average Bonchev–Trinajstić information content (AvgIpc) is 2.94. The van der Waals surface area contributed by atoms with E-state index in [2.05, 4.69) is 5.32 Å². The number of ether oxygens (including phenoxy) is 2. The fraction of sp³-hybridized carbons (Fsp3) is 0.571. The summed E-state index contributed by atoms with van der Waals surface area (Å²) in [5.74, 6) is 0.674. The lowest BCUT2D eigenvalue weighted by Gasteiger charge is -2.36. The third-order valence-electron chi connectivity index (χ3n) is 6.09. The van der Waals surface area contributed by atoms with Crippen LogP contribution < -0.4 is 14.8 Å². The standard InChI is InChI=1S/C21H29N3O5/c1-14-7-5-6-10-21(14)19(26)24(20(27)22-21)13-18(25)23(2)12-15-8-9-16(28-3)17(11-15)29-4/h8-9,11,14H,5-7,10,12-13H2,1-4H3,(H,22,27)/t14-,21+/m0/s1. The van der Waals surface area contributed by atoms with E-state index in [0.29, 0.717) is 24.5 Å². The fourth-order valence-corrected chi connectivity index (χ4v) is 4.24. The van der Waals surface area contributed by atoms with Crippen LogP contribution in [0.15, 0.2) is 18.2 Å².